The van der Waals surface area contributed by atoms with Gasteiger partial charge in [-0.1, -0.05) is 12.1 Å². The van der Waals surface area contributed by atoms with Crippen LogP contribution in [0.15, 0.2) is 36.4 Å². The van der Waals surface area contributed by atoms with Crippen LogP contribution in [0.4, 0.5) is 19.0 Å². The van der Waals surface area contributed by atoms with Crippen LogP contribution in [0.1, 0.15) is 41.6 Å². The number of nitrogens with zero attached hydrogens (tertiary/aromatic N) is 3. The lowest BCUT2D eigenvalue weighted by Crippen LogP contribution is -2.50. The Bertz CT molecular complexity index is 837. The summed E-state index contributed by atoms with van der Waals surface area (Å²) < 4.78 is 45.1. The van der Waals surface area contributed by atoms with Gasteiger partial charge < -0.3 is 15.4 Å². The average Bonchev–Trinajstić information content (AvgIpc) is 2.60. The molecule has 2 N–H and O–H groups in total. The minimum atomic E-state index is -4.42. The van der Waals surface area contributed by atoms with E-state index in [0.29, 0.717) is 24.5 Å². The van der Waals surface area contributed by atoms with E-state index in [2.05, 4.69) is 10.2 Å². The number of morpholine rings is 1. The summed E-state index contributed by atoms with van der Waals surface area (Å²) in [6, 6.07) is 8.19. The largest absolute Gasteiger partial charge is 0.416 e. The fourth-order valence-corrected chi connectivity index (χ4v) is 3.07. The minimum Gasteiger partial charge on any atom is -0.364 e. The molecule has 9 heteroatoms. The Labute approximate surface area is 154 Å². The van der Waals surface area contributed by atoms with E-state index in [4.69, 9.17) is 10.5 Å². The number of carbonyl (C=O) groups excluding carboxylic acids is 1. The Hall–Kier alpha value is -2.68. The third kappa shape index (κ3) is 4.36. The number of aromatic nitrogens is 2. The smallest absolute Gasteiger partial charge is 0.364 e. The van der Waals surface area contributed by atoms with Gasteiger partial charge in [0.15, 0.2) is 11.5 Å². The predicted molar refractivity (Wildman–Crippen MR) is 92.1 cm³/mol. The van der Waals surface area contributed by atoms with E-state index in [1.54, 1.807) is 12.1 Å². The molecule has 27 heavy (non-hydrogen) atoms. The van der Waals surface area contributed by atoms with E-state index in [9.17, 15) is 18.0 Å². The van der Waals surface area contributed by atoms with Crippen LogP contribution in [0.5, 0.6) is 0 Å². The molecule has 1 saturated heterocycles. The quantitative estimate of drug-likeness (QED) is 0.885. The number of hydrogen-bond donors (Lipinski definition) is 1. The van der Waals surface area contributed by atoms with Crippen molar-refractivity contribution in [2.24, 2.45) is 5.73 Å². The zero-order valence-corrected chi connectivity index (χ0v) is 14.8. The number of halogens is 3. The van der Waals surface area contributed by atoms with E-state index in [0.717, 1.165) is 12.1 Å². The first-order valence-electron chi connectivity index (χ1n) is 8.29. The Balaban J connectivity index is 1.88. The van der Waals surface area contributed by atoms with Gasteiger partial charge in [0.1, 0.15) is 6.10 Å². The molecule has 0 bridgehead atoms. The number of amides is 1. The van der Waals surface area contributed by atoms with E-state index in [1.807, 2.05) is 18.7 Å². The maximum atomic E-state index is 13.0. The van der Waals surface area contributed by atoms with Gasteiger partial charge in [0.2, 0.25) is 0 Å². The van der Waals surface area contributed by atoms with Crippen LogP contribution < -0.4 is 10.6 Å². The molecule has 144 valence electrons. The number of alkyl halides is 3. The zero-order valence-electron chi connectivity index (χ0n) is 14.8. The highest BCUT2D eigenvalue weighted by atomic mass is 19.4. The number of carbonyl (C=O) groups is 1. The summed E-state index contributed by atoms with van der Waals surface area (Å²) in [5, 5.41) is 7.80. The number of benzene rings is 1. The van der Waals surface area contributed by atoms with E-state index in [1.165, 1.54) is 12.1 Å². The van der Waals surface area contributed by atoms with Crippen LogP contribution in [-0.4, -0.2) is 34.8 Å². The van der Waals surface area contributed by atoms with Crippen molar-refractivity contribution in [3.8, 4) is 0 Å². The van der Waals surface area contributed by atoms with Crippen molar-refractivity contribution < 1.29 is 22.7 Å². The van der Waals surface area contributed by atoms with Crippen molar-refractivity contribution in [1.82, 2.24) is 10.2 Å². The second-order valence-corrected chi connectivity index (χ2v) is 7.01. The Morgan fingerprint density at radius 3 is 2.59 bits per heavy atom. The summed E-state index contributed by atoms with van der Waals surface area (Å²) in [7, 11) is 0. The van der Waals surface area contributed by atoms with Gasteiger partial charge in [0, 0.05) is 13.1 Å². The molecule has 1 aliphatic heterocycles. The highest BCUT2D eigenvalue weighted by Crippen LogP contribution is 2.36. The van der Waals surface area contributed by atoms with Gasteiger partial charge in [0.25, 0.3) is 5.91 Å². The van der Waals surface area contributed by atoms with Gasteiger partial charge in [-0.15, -0.1) is 10.2 Å². The van der Waals surface area contributed by atoms with Crippen LogP contribution in [0.2, 0.25) is 0 Å². The molecule has 0 aliphatic carbocycles. The Kier molecular flexibility index (Phi) is 4.81. The van der Waals surface area contributed by atoms with Crippen molar-refractivity contribution >= 4 is 11.7 Å². The lowest BCUT2D eigenvalue weighted by molar-refractivity contribution is -0.137. The van der Waals surface area contributed by atoms with E-state index < -0.39 is 29.4 Å². The third-order valence-electron chi connectivity index (χ3n) is 4.23. The van der Waals surface area contributed by atoms with Gasteiger partial charge in [-0.25, -0.2) is 0 Å². The van der Waals surface area contributed by atoms with Gasteiger partial charge in [-0.3, -0.25) is 4.79 Å². The molecular formula is C18H19F3N4O2. The van der Waals surface area contributed by atoms with Crippen molar-refractivity contribution in [1.29, 1.82) is 0 Å². The molecule has 2 aromatic rings. The first-order chi connectivity index (χ1) is 12.5. The lowest BCUT2D eigenvalue weighted by atomic mass is 9.99. The monoisotopic (exact) mass is 380 g/mol. The fraction of sp³-hybridized carbons (Fsp3) is 0.389. The van der Waals surface area contributed by atoms with Gasteiger partial charge in [-0.2, -0.15) is 13.2 Å². The summed E-state index contributed by atoms with van der Waals surface area (Å²) in [6.07, 6.45) is -5.00. The Morgan fingerprint density at radius 2 is 2.00 bits per heavy atom. The summed E-state index contributed by atoms with van der Waals surface area (Å²) in [5.74, 6) is -0.188. The highest BCUT2D eigenvalue weighted by Gasteiger charge is 2.36. The Morgan fingerprint density at radius 1 is 1.26 bits per heavy atom. The molecule has 0 saturated carbocycles. The van der Waals surface area contributed by atoms with Crippen LogP contribution in [0.25, 0.3) is 0 Å². The fourth-order valence-electron chi connectivity index (χ4n) is 3.07. The number of hydrogen-bond acceptors (Lipinski definition) is 5. The summed E-state index contributed by atoms with van der Waals surface area (Å²) >= 11 is 0. The van der Waals surface area contributed by atoms with Gasteiger partial charge >= 0.3 is 6.18 Å². The van der Waals surface area contributed by atoms with Gasteiger partial charge in [0.05, 0.1) is 11.2 Å². The summed E-state index contributed by atoms with van der Waals surface area (Å²) in [5.41, 5.74) is 4.30. The van der Waals surface area contributed by atoms with Crippen molar-refractivity contribution in [2.45, 2.75) is 31.7 Å². The van der Waals surface area contributed by atoms with E-state index >= 15 is 0 Å². The highest BCUT2D eigenvalue weighted by molar-refractivity contribution is 5.90. The van der Waals surface area contributed by atoms with Crippen molar-refractivity contribution in [2.75, 3.05) is 18.0 Å². The number of anilines is 1. The van der Waals surface area contributed by atoms with Crippen molar-refractivity contribution in [3.63, 3.8) is 0 Å². The van der Waals surface area contributed by atoms with Crippen LogP contribution in [0.3, 0.4) is 0 Å². The zero-order chi connectivity index (χ0) is 19.8. The topological polar surface area (TPSA) is 81.3 Å². The second-order valence-electron chi connectivity index (χ2n) is 7.01. The first kappa shape index (κ1) is 19.1. The number of rotatable bonds is 3. The normalized spacial score (nSPS) is 19.7. The summed E-state index contributed by atoms with van der Waals surface area (Å²) in [6.45, 7) is 4.47. The third-order valence-corrected chi connectivity index (χ3v) is 4.23. The molecular weight excluding hydrogens is 361 g/mol. The average molecular weight is 380 g/mol. The van der Waals surface area contributed by atoms with Gasteiger partial charge in [-0.05, 0) is 43.7 Å². The number of ether oxygens (including phenoxy) is 1. The van der Waals surface area contributed by atoms with Crippen LogP contribution in [0, 0.1) is 0 Å². The minimum absolute atomic E-state index is 0.0423. The molecule has 1 unspecified atom stereocenters. The molecule has 1 aromatic heterocycles. The maximum Gasteiger partial charge on any atom is 0.416 e. The second kappa shape index (κ2) is 6.80. The first-order valence-corrected chi connectivity index (χ1v) is 8.29. The maximum absolute atomic E-state index is 13.0. The van der Waals surface area contributed by atoms with E-state index in [-0.39, 0.29) is 5.69 Å². The SMILES string of the molecule is CC1(C)CN(c2ccc(C(N)=O)nn2)CC(c2cccc(C(F)(F)F)c2)O1. The molecule has 2 heterocycles. The molecule has 1 amide bonds. The number of primary amides is 1. The molecule has 1 atom stereocenters. The standard InChI is InChI=1S/C18H19F3N4O2/c1-17(2)10-25(15-7-6-13(16(22)26)23-24-15)9-14(27-17)11-4-3-5-12(8-11)18(19,20)21/h3-8,14H,9-10H2,1-2H3,(H2,22,26). The van der Waals surface area contributed by atoms with Crippen molar-refractivity contribution in [3.05, 3.63) is 53.2 Å². The molecule has 0 spiro atoms. The molecule has 1 fully saturated rings. The molecule has 3 rings (SSSR count). The van der Waals surface area contributed by atoms with Crippen LogP contribution in [-0.2, 0) is 10.9 Å². The number of nitrogens with two attached hydrogens (primary N) is 1. The predicted octanol–water partition coefficient (Wildman–Crippen LogP) is 2.95. The molecule has 1 aliphatic rings. The lowest BCUT2D eigenvalue weighted by Gasteiger charge is -2.43. The molecule has 0 radical (unpaired) electrons. The van der Waals surface area contributed by atoms with Crippen LogP contribution >= 0.6 is 0 Å². The molecule has 6 nitrogen and oxygen atoms in total. The molecule has 1 aromatic carbocycles. The summed E-state index contributed by atoms with van der Waals surface area (Å²) in [4.78, 5) is 13.0.